The van der Waals surface area contributed by atoms with Crippen LogP contribution in [0.15, 0.2) is 0 Å². The van der Waals surface area contributed by atoms with Crippen molar-refractivity contribution in [3.63, 3.8) is 0 Å². The Bertz CT molecular complexity index is 206. The average molecular weight is 229 g/mol. The molecule has 1 aliphatic rings. The van der Waals surface area contributed by atoms with Crippen molar-refractivity contribution in [1.82, 2.24) is 10.2 Å². The Kier molecular flexibility index (Phi) is 5.68. The smallest absolute Gasteiger partial charge is 0.0272 e. The molecule has 0 aromatic carbocycles. The van der Waals surface area contributed by atoms with Gasteiger partial charge in [-0.25, -0.2) is 0 Å². The fourth-order valence-electron chi connectivity index (χ4n) is 2.00. The SMILES string of the molecule is CC(C)N(CCN)CCC1CC(=S)CN1. The number of thiocarbonyl (C=S) groups is 1. The van der Waals surface area contributed by atoms with Crippen LogP contribution >= 0.6 is 12.2 Å². The summed E-state index contributed by atoms with van der Waals surface area (Å²) in [6, 6.07) is 1.18. The molecule has 0 spiro atoms. The summed E-state index contributed by atoms with van der Waals surface area (Å²) < 4.78 is 0. The van der Waals surface area contributed by atoms with Crippen molar-refractivity contribution < 1.29 is 0 Å². The third-order valence-corrected chi connectivity index (χ3v) is 3.28. The minimum absolute atomic E-state index is 0.585. The monoisotopic (exact) mass is 229 g/mol. The average Bonchev–Trinajstić information content (AvgIpc) is 2.58. The van der Waals surface area contributed by atoms with E-state index in [9.17, 15) is 0 Å². The van der Waals surface area contributed by atoms with Crippen molar-refractivity contribution in [3.8, 4) is 0 Å². The summed E-state index contributed by atoms with van der Waals surface area (Å²) in [7, 11) is 0. The van der Waals surface area contributed by atoms with Crippen LogP contribution in [0.5, 0.6) is 0 Å². The highest BCUT2D eigenvalue weighted by Crippen LogP contribution is 2.09. The molecule has 1 atom stereocenters. The van der Waals surface area contributed by atoms with Crippen LogP contribution < -0.4 is 11.1 Å². The standard InChI is InChI=1S/C11H23N3S/c1-9(2)14(6-4-12)5-3-10-7-11(15)8-13-10/h9-10,13H,3-8,12H2,1-2H3. The van der Waals surface area contributed by atoms with Gasteiger partial charge in [0.1, 0.15) is 0 Å². The summed E-state index contributed by atoms with van der Waals surface area (Å²) in [5, 5.41) is 3.44. The maximum Gasteiger partial charge on any atom is 0.0272 e. The lowest BCUT2D eigenvalue weighted by atomic mass is 10.1. The zero-order valence-corrected chi connectivity index (χ0v) is 10.6. The van der Waals surface area contributed by atoms with Crippen LogP contribution in [-0.2, 0) is 0 Å². The number of hydrogen-bond donors (Lipinski definition) is 2. The van der Waals surface area contributed by atoms with Crippen LogP contribution in [0.25, 0.3) is 0 Å². The van der Waals surface area contributed by atoms with E-state index in [2.05, 4.69) is 24.1 Å². The van der Waals surface area contributed by atoms with Gasteiger partial charge in [-0.15, -0.1) is 0 Å². The first-order valence-corrected chi connectivity index (χ1v) is 6.23. The Balaban J connectivity index is 2.24. The summed E-state index contributed by atoms with van der Waals surface area (Å²) in [4.78, 5) is 3.61. The lowest BCUT2D eigenvalue weighted by molar-refractivity contribution is 0.218. The molecule has 0 radical (unpaired) electrons. The van der Waals surface area contributed by atoms with Crippen LogP contribution in [0.3, 0.4) is 0 Å². The zero-order valence-electron chi connectivity index (χ0n) is 9.83. The van der Waals surface area contributed by atoms with Crippen molar-refractivity contribution in [2.45, 2.75) is 38.8 Å². The predicted molar refractivity (Wildman–Crippen MR) is 69.4 cm³/mol. The number of nitrogens with one attached hydrogen (secondary N) is 1. The van der Waals surface area contributed by atoms with Gasteiger partial charge in [0.25, 0.3) is 0 Å². The van der Waals surface area contributed by atoms with E-state index >= 15 is 0 Å². The Morgan fingerprint density at radius 1 is 1.53 bits per heavy atom. The molecule has 3 N–H and O–H groups in total. The molecule has 1 rings (SSSR count). The van der Waals surface area contributed by atoms with Crippen molar-refractivity contribution in [2.24, 2.45) is 5.73 Å². The van der Waals surface area contributed by atoms with E-state index in [1.807, 2.05) is 0 Å². The molecule has 3 nitrogen and oxygen atoms in total. The highest BCUT2D eigenvalue weighted by molar-refractivity contribution is 7.80. The fraction of sp³-hybridized carbons (Fsp3) is 0.909. The minimum Gasteiger partial charge on any atom is -0.329 e. The van der Waals surface area contributed by atoms with Crippen molar-refractivity contribution in [3.05, 3.63) is 0 Å². The lowest BCUT2D eigenvalue weighted by Crippen LogP contribution is -2.38. The fourth-order valence-corrected chi connectivity index (χ4v) is 2.28. The molecule has 0 aliphatic carbocycles. The van der Waals surface area contributed by atoms with E-state index in [4.69, 9.17) is 18.0 Å². The molecular formula is C11H23N3S. The van der Waals surface area contributed by atoms with E-state index < -0.39 is 0 Å². The first-order chi connectivity index (χ1) is 7.13. The second-order valence-corrected chi connectivity index (χ2v) is 5.11. The number of nitrogens with zero attached hydrogens (tertiary/aromatic N) is 1. The molecular weight excluding hydrogens is 206 g/mol. The summed E-state index contributed by atoms with van der Waals surface area (Å²) in [6.07, 6.45) is 2.25. The van der Waals surface area contributed by atoms with Gasteiger partial charge in [-0.3, -0.25) is 4.90 Å². The number of nitrogens with two attached hydrogens (primary N) is 1. The second kappa shape index (κ2) is 6.53. The molecule has 1 fully saturated rings. The summed E-state index contributed by atoms with van der Waals surface area (Å²) in [5.74, 6) is 0. The molecule has 1 aliphatic heterocycles. The zero-order chi connectivity index (χ0) is 11.3. The molecule has 0 aromatic rings. The summed E-state index contributed by atoms with van der Waals surface area (Å²) >= 11 is 5.18. The molecule has 0 saturated carbocycles. The first kappa shape index (κ1) is 13.0. The third-order valence-electron chi connectivity index (χ3n) is 2.97. The molecule has 0 aromatic heterocycles. The topological polar surface area (TPSA) is 41.3 Å². The number of hydrogen-bond acceptors (Lipinski definition) is 4. The summed E-state index contributed by atoms with van der Waals surface area (Å²) in [5.41, 5.74) is 5.59. The predicted octanol–water partition coefficient (Wildman–Crippen LogP) is 0.777. The molecule has 0 bridgehead atoms. The van der Waals surface area contributed by atoms with Gasteiger partial charge in [0.2, 0.25) is 0 Å². The van der Waals surface area contributed by atoms with Crippen LogP contribution in [-0.4, -0.2) is 48.0 Å². The van der Waals surface area contributed by atoms with Crippen LogP contribution in [0.2, 0.25) is 0 Å². The largest absolute Gasteiger partial charge is 0.329 e. The molecule has 15 heavy (non-hydrogen) atoms. The van der Waals surface area contributed by atoms with Crippen LogP contribution in [0, 0.1) is 0 Å². The second-order valence-electron chi connectivity index (χ2n) is 4.53. The van der Waals surface area contributed by atoms with Crippen molar-refractivity contribution in [1.29, 1.82) is 0 Å². The maximum atomic E-state index is 5.59. The first-order valence-electron chi connectivity index (χ1n) is 5.82. The van der Waals surface area contributed by atoms with E-state index in [0.29, 0.717) is 12.1 Å². The van der Waals surface area contributed by atoms with Crippen molar-refractivity contribution in [2.75, 3.05) is 26.2 Å². The number of rotatable bonds is 6. The Labute approximate surface area is 98.4 Å². The van der Waals surface area contributed by atoms with Gasteiger partial charge >= 0.3 is 0 Å². The molecule has 4 heteroatoms. The van der Waals surface area contributed by atoms with Gasteiger partial charge < -0.3 is 11.1 Å². The van der Waals surface area contributed by atoms with Gasteiger partial charge in [-0.1, -0.05) is 12.2 Å². The van der Waals surface area contributed by atoms with Gasteiger partial charge in [0.15, 0.2) is 0 Å². The Hall–Kier alpha value is -0.0300. The van der Waals surface area contributed by atoms with Gasteiger partial charge in [-0.2, -0.15) is 0 Å². The van der Waals surface area contributed by atoms with Gasteiger partial charge in [0, 0.05) is 36.6 Å². The normalized spacial score (nSPS) is 21.9. The van der Waals surface area contributed by atoms with Crippen LogP contribution in [0.1, 0.15) is 26.7 Å². The maximum absolute atomic E-state index is 5.59. The van der Waals surface area contributed by atoms with Gasteiger partial charge in [-0.05, 0) is 33.2 Å². The Morgan fingerprint density at radius 3 is 2.73 bits per heavy atom. The van der Waals surface area contributed by atoms with E-state index in [1.54, 1.807) is 0 Å². The van der Waals surface area contributed by atoms with E-state index in [-0.39, 0.29) is 0 Å². The molecule has 0 amide bonds. The van der Waals surface area contributed by atoms with E-state index in [0.717, 1.165) is 32.6 Å². The van der Waals surface area contributed by atoms with E-state index in [1.165, 1.54) is 11.3 Å². The highest BCUT2D eigenvalue weighted by Gasteiger charge is 2.19. The molecule has 88 valence electrons. The quantitative estimate of drug-likeness (QED) is 0.660. The highest BCUT2D eigenvalue weighted by atomic mass is 32.1. The van der Waals surface area contributed by atoms with Gasteiger partial charge in [0.05, 0.1) is 0 Å². The van der Waals surface area contributed by atoms with Crippen LogP contribution in [0.4, 0.5) is 0 Å². The third kappa shape index (κ3) is 4.55. The lowest BCUT2D eigenvalue weighted by Gasteiger charge is -2.26. The van der Waals surface area contributed by atoms with Crippen molar-refractivity contribution >= 4 is 17.1 Å². The minimum atomic E-state index is 0.585. The molecule has 1 saturated heterocycles. The molecule has 1 heterocycles. The Morgan fingerprint density at radius 2 is 2.27 bits per heavy atom. The summed E-state index contributed by atoms with van der Waals surface area (Å²) in [6.45, 7) is 8.24. The molecule has 1 unspecified atom stereocenters.